The normalized spacial score (nSPS) is 10.3. The third-order valence-corrected chi connectivity index (χ3v) is 3.27. The van der Waals surface area contributed by atoms with Gasteiger partial charge in [0.05, 0.1) is 13.2 Å². The predicted molar refractivity (Wildman–Crippen MR) is 84.7 cm³/mol. The van der Waals surface area contributed by atoms with Crippen molar-refractivity contribution in [1.29, 1.82) is 0 Å². The Morgan fingerprint density at radius 1 is 1.00 bits per heavy atom. The minimum absolute atomic E-state index is 0.373. The van der Waals surface area contributed by atoms with Gasteiger partial charge < -0.3 is 20.9 Å². The lowest BCUT2D eigenvalue weighted by molar-refractivity contribution is 0.332. The van der Waals surface area contributed by atoms with Gasteiger partial charge in [0.25, 0.3) is 0 Å². The molecule has 21 heavy (non-hydrogen) atoms. The minimum atomic E-state index is 0.373. The fraction of sp³-hybridized carbons (Fsp3) is 0.286. The minimum Gasteiger partial charge on any atom is -0.494 e. The zero-order valence-electron chi connectivity index (χ0n) is 11.8. The third kappa shape index (κ3) is 5.03. The maximum absolute atomic E-state index is 5.63. The summed E-state index contributed by atoms with van der Waals surface area (Å²) in [5.41, 5.74) is 11.2. The fourth-order valence-corrected chi connectivity index (χ4v) is 2.31. The molecule has 0 atom stereocenters. The lowest BCUT2D eigenvalue weighted by Crippen LogP contribution is -2.03. The molecular weight excluding hydrogens is 288 g/mol. The van der Waals surface area contributed by atoms with E-state index in [-0.39, 0.29) is 0 Å². The molecule has 0 amide bonds. The monoisotopic (exact) mass is 306 g/mol. The van der Waals surface area contributed by atoms with Crippen LogP contribution in [0.2, 0.25) is 0 Å². The highest BCUT2D eigenvalue weighted by Gasteiger charge is 2.02. The molecule has 0 radical (unpaired) electrons. The van der Waals surface area contributed by atoms with Gasteiger partial charge in [-0.25, -0.2) is 9.97 Å². The van der Waals surface area contributed by atoms with Crippen LogP contribution in [0.15, 0.2) is 35.5 Å². The molecule has 0 bridgehead atoms. The highest BCUT2D eigenvalue weighted by molar-refractivity contribution is 7.99. The van der Waals surface area contributed by atoms with Crippen LogP contribution in [-0.2, 0) is 0 Å². The Balaban J connectivity index is 1.76. The Bertz CT molecular complexity index is 557. The second-order valence-electron chi connectivity index (χ2n) is 4.10. The summed E-state index contributed by atoms with van der Waals surface area (Å²) < 4.78 is 11.0. The first-order valence-electron chi connectivity index (χ1n) is 6.56. The van der Waals surface area contributed by atoms with E-state index in [0.29, 0.717) is 35.8 Å². The first-order chi connectivity index (χ1) is 10.2. The van der Waals surface area contributed by atoms with Crippen molar-refractivity contribution in [2.75, 3.05) is 30.4 Å². The number of nitrogens with zero attached hydrogens (tertiary/aromatic N) is 2. The van der Waals surface area contributed by atoms with Crippen molar-refractivity contribution in [3.05, 3.63) is 30.3 Å². The molecule has 7 heteroatoms. The summed E-state index contributed by atoms with van der Waals surface area (Å²) in [6.07, 6.45) is 0. The Morgan fingerprint density at radius 3 is 2.14 bits per heavy atom. The first-order valence-corrected chi connectivity index (χ1v) is 7.54. The number of nitrogens with two attached hydrogens (primary N) is 2. The maximum Gasteiger partial charge on any atom is 0.191 e. The van der Waals surface area contributed by atoms with Gasteiger partial charge in [0, 0.05) is 11.8 Å². The topological polar surface area (TPSA) is 96.3 Å². The molecule has 1 aromatic heterocycles. The summed E-state index contributed by atoms with van der Waals surface area (Å²) in [5.74, 6) is 3.08. The Morgan fingerprint density at radius 2 is 1.57 bits per heavy atom. The molecule has 0 unspecified atom stereocenters. The number of ether oxygens (including phenoxy) is 2. The van der Waals surface area contributed by atoms with Crippen LogP contribution in [0, 0.1) is 0 Å². The summed E-state index contributed by atoms with van der Waals surface area (Å²) in [4.78, 5) is 8.18. The molecule has 4 N–H and O–H groups in total. The number of anilines is 2. The molecule has 0 saturated heterocycles. The molecule has 0 fully saturated rings. The average molecular weight is 306 g/mol. The van der Waals surface area contributed by atoms with E-state index in [4.69, 9.17) is 20.9 Å². The smallest absolute Gasteiger partial charge is 0.191 e. The Kier molecular flexibility index (Phi) is 5.51. The van der Waals surface area contributed by atoms with E-state index in [2.05, 4.69) is 9.97 Å². The summed E-state index contributed by atoms with van der Waals surface area (Å²) in [6, 6.07) is 9.05. The van der Waals surface area contributed by atoms with Crippen LogP contribution >= 0.6 is 11.8 Å². The number of hydrogen-bond donors (Lipinski definition) is 2. The van der Waals surface area contributed by atoms with Crippen molar-refractivity contribution in [3.8, 4) is 11.5 Å². The number of aromatic nitrogens is 2. The van der Waals surface area contributed by atoms with Gasteiger partial charge in [0.1, 0.15) is 23.1 Å². The van der Waals surface area contributed by atoms with Gasteiger partial charge in [-0.3, -0.25) is 0 Å². The van der Waals surface area contributed by atoms with Gasteiger partial charge in [-0.05, 0) is 31.2 Å². The second kappa shape index (κ2) is 7.58. The Labute approximate surface area is 127 Å². The van der Waals surface area contributed by atoms with Crippen LogP contribution < -0.4 is 20.9 Å². The third-order valence-electron chi connectivity index (χ3n) is 2.46. The van der Waals surface area contributed by atoms with Crippen molar-refractivity contribution in [3.63, 3.8) is 0 Å². The van der Waals surface area contributed by atoms with Gasteiger partial charge >= 0.3 is 0 Å². The summed E-state index contributed by atoms with van der Waals surface area (Å²) in [6.45, 7) is 3.14. The van der Waals surface area contributed by atoms with E-state index < -0.39 is 0 Å². The predicted octanol–water partition coefficient (Wildman–Crippen LogP) is 2.21. The molecule has 112 valence electrons. The zero-order chi connectivity index (χ0) is 15.1. The van der Waals surface area contributed by atoms with E-state index >= 15 is 0 Å². The molecule has 0 aliphatic rings. The largest absolute Gasteiger partial charge is 0.494 e. The molecule has 2 aromatic rings. The van der Waals surface area contributed by atoms with Crippen molar-refractivity contribution in [2.45, 2.75) is 12.1 Å². The fourth-order valence-electron chi connectivity index (χ4n) is 1.62. The first kappa shape index (κ1) is 15.2. The molecule has 0 spiro atoms. The van der Waals surface area contributed by atoms with Crippen molar-refractivity contribution in [1.82, 2.24) is 9.97 Å². The molecule has 1 aromatic carbocycles. The van der Waals surface area contributed by atoms with Gasteiger partial charge in [-0.15, -0.1) is 0 Å². The van der Waals surface area contributed by atoms with E-state index in [1.807, 2.05) is 31.2 Å². The lowest BCUT2D eigenvalue weighted by Gasteiger charge is -2.07. The number of benzene rings is 1. The van der Waals surface area contributed by atoms with Crippen molar-refractivity contribution in [2.24, 2.45) is 0 Å². The highest BCUT2D eigenvalue weighted by atomic mass is 32.2. The SMILES string of the molecule is CCOc1ccc(OCCSc2nc(N)cc(N)n2)cc1. The van der Waals surface area contributed by atoms with E-state index in [1.165, 1.54) is 17.8 Å². The maximum atomic E-state index is 5.63. The molecule has 6 nitrogen and oxygen atoms in total. The van der Waals surface area contributed by atoms with Crippen LogP contribution in [-0.4, -0.2) is 28.9 Å². The molecule has 1 heterocycles. The molecular formula is C14H18N4O2S. The molecule has 0 saturated carbocycles. The van der Waals surface area contributed by atoms with E-state index in [0.717, 1.165) is 11.5 Å². The average Bonchev–Trinajstić information content (AvgIpc) is 2.45. The van der Waals surface area contributed by atoms with E-state index in [1.54, 1.807) is 0 Å². The molecule has 0 aliphatic heterocycles. The van der Waals surface area contributed by atoms with Crippen LogP contribution in [0.1, 0.15) is 6.92 Å². The molecule has 2 rings (SSSR count). The number of nitrogen functional groups attached to an aromatic ring is 2. The second-order valence-corrected chi connectivity index (χ2v) is 5.16. The van der Waals surface area contributed by atoms with Gasteiger partial charge in [-0.2, -0.15) is 0 Å². The van der Waals surface area contributed by atoms with Gasteiger partial charge in [-0.1, -0.05) is 11.8 Å². The lowest BCUT2D eigenvalue weighted by atomic mass is 10.3. The zero-order valence-corrected chi connectivity index (χ0v) is 12.6. The number of thioether (sulfide) groups is 1. The quantitative estimate of drug-likeness (QED) is 0.460. The van der Waals surface area contributed by atoms with Crippen LogP contribution in [0.3, 0.4) is 0 Å². The number of rotatable bonds is 7. The summed E-state index contributed by atoms with van der Waals surface area (Å²) >= 11 is 1.45. The highest BCUT2D eigenvalue weighted by Crippen LogP contribution is 2.19. The van der Waals surface area contributed by atoms with E-state index in [9.17, 15) is 0 Å². The Hall–Kier alpha value is -2.15. The van der Waals surface area contributed by atoms with Crippen molar-refractivity contribution >= 4 is 23.4 Å². The van der Waals surface area contributed by atoms with Crippen LogP contribution in [0.25, 0.3) is 0 Å². The van der Waals surface area contributed by atoms with Crippen molar-refractivity contribution < 1.29 is 9.47 Å². The summed E-state index contributed by atoms with van der Waals surface area (Å²) in [5, 5.41) is 0.558. The molecule has 0 aliphatic carbocycles. The number of hydrogen-bond acceptors (Lipinski definition) is 7. The van der Waals surface area contributed by atoms with Gasteiger partial charge in [0.15, 0.2) is 5.16 Å². The standard InChI is InChI=1S/C14H18N4O2S/c1-2-19-10-3-5-11(6-4-10)20-7-8-21-14-17-12(15)9-13(16)18-14/h3-6,9H,2,7-8H2,1H3,(H4,15,16,17,18). The van der Waals surface area contributed by atoms with Crippen LogP contribution in [0.4, 0.5) is 11.6 Å². The summed E-state index contributed by atoms with van der Waals surface area (Å²) in [7, 11) is 0. The van der Waals surface area contributed by atoms with Crippen LogP contribution in [0.5, 0.6) is 11.5 Å². The van der Waals surface area contributed by atoms with Gasteiger partial charge in [0.2, 0.25) is 0 Å².